The highest BCUT2D eigenvalue weighted by Crippen LogP contribution is 2.20. The fourth-order valence-corrected chi connectivity index (χ4v) is 2.82. The third-order valence-corrected chi connectivity index (χ3v) is 3.81. The van der Waals surface area contributed by atoms with Crippen LogP contribution >= 0.6 is 0 Å². The van der Waals surface area contributed by atoms with Gasteiger partial charge in [-0.3, -0.25) is 0 Å². The third-order valence-electron chi connectivity index (χ3n) is 3.81. The van der Waals surface area contributed by atoms with Crippen LogP contribution in [0.4, 0.5) is 0 Å². The number of hydrogen-bond acceptors (Lipinski definition) is 3. The lowest BCUT2D eigenvalue weighted by Gasteiger charge is -2.14. The number of aromatic nitrogens is 5. The van der Waals surface area contributed by atoms with E-state index in [-0.39, 0.29) is 0 Å². The van der Waals surface area contributed by atoms with Gasteiger partial charge in [0.15, 0.2) is 5.65 Å². The third kappa shape index (κ3) is 1.82. The van der Waals surface area contributed by atoms with Crippen molar-refractivity contribution in [2.24, 2.45) is 0 Å². The fraction of sp³-hybridized carbons (Fsp3) is 0.357. The Morgan fingerprint density at radius 2 is 2.11 bits per heavy atom. The predicted molar refractivity (Wildman–Crippen MR) is 71.0 cm³/mol. The van der Waals surface area contributed by atoms with Gasteiger partial charge in [-0.15, -0.1) is 0 Å². The van der Waals surface area contributed by atoms with E-state index in [0.717, 1.165) is 25.0 Å². The van der Waals surface area contributed by atoms with Gasteiger partial charge in [-0.05, 0) is 43.4 Å². The standard InChI is InChI=1S/C14H15N5/c1-2-4-13-12(3-1)16-10-18(13)8-11-5-6-19-14(7-11)15-9-17-19/h5-7,9-10H,1-4,8H2. The van der Waals surface area contributed by atoms with Crippen LogP contribution < -0.4 is 0 Å². The average Bonchev–Trinajstić information content (AvgIpc) is 3.06. The van der Waals surface area contributed by atoms with Crippen LogP contribution in [0.25, 0.3) is 5.65 Å². The zero-order valence-corrected chi connectivity index (χ0v) is 10.7. The Labute approximate surface area is 110 Å². The highest BCUT2D eigenvalue weighted by atomic mass is 15.3. The van der Waals surface area contributed by atoms with Crippen molar-refractivity contribution in [2.75, 3.05) is 0 Å². The monoisotopic (exact) mass is 253 g/mol. The van der Waals surface area contributed by atoms with Crippen molar-refractivity contribution in [1.29, 1.82) is 0 Å². The summed E-state index contributed by atoms with van der Waals surface area (Å²) in [6, 6.07) is 4.18. The van der Waals surface area contributed by atoms with E-state index in [0.29, 0.717) is 0 Å². The molecule has 5 heteroatoms. The number of nitrogens with zero attached hydrogens (tertiary/aromatic N) is 5. The van der Waals surface area contributed by atoms with E-state index in [1.165, 1.54) is 29.8 Å². The van der Waals surface area contributed by atoms with Crippen LogP contribution in [0.5, 0.6) is 0 Å². The first-order valence-electron chi connectivity index (χ1n) is 6.71. The summed E-state index contributed by atoms with van der Waals surface area (Å²) in [4.78, 5) is 8.76. The zero-order chi connectivity index (χ0) is 12.7. The molecular formula is C14H15N5. The maximum atomic E-state index is 4.53. The highest BCUT2D eigenvalue weighted by Gasteiger charge is 2.15. The molecule has 3 heterocycles. The molecule has 3 aromatic rings. The molecule has 0 aliphatic heterocycles. The van der Waals surface area contributed by atoms with Crippen molar-refractivity contribution in [3.8, 4) is 0 Å². The van der Waals surface area contributed by atoms with Crippen molar-refractivity contribution in [3.63, 3.8) is 0 Å². The summed E-state index contributed by atoms with van der Waals surface area (Å²) in [6.07, 6.45) is 10.4. The van der Waals surface area contributed by atoms with Gasteiger partial charge in [0.05, 0.1) is 12.0 Å². The van der Waals surface area contributed by atoms with Crippen molar-refractivity contribution >= 4 is 5.65 Å². The minimum Gasteiger partial charge on any atom is -0.330 e. The van der Waals surface area contributed by atoms with Gasteiger partial charge in [0.1, 0.15) is 6.33 Å². The molecule has 0 radical (unpaired) electrons. The molecule has 0 atom stereocenters. The summed E-state index contributed by atoms with van der Waals surface area (Å²) in [6.45, 7) is 0.867. The molecule has 1 aliphatic rings. The number of aryl methyl sites for hydroxylation is 1. The molecule has 0 bridgehead atoms. The smallest absolute Gasteiger partial charge is 0.155 e. The van der Waals surface area contributed by atoms with Gasteiger partial charge in [0.2, 0.25) is 0 Å². The molecule has 0 amide bonds. The quantitative estimate of drug-likeness (QED) is 0.700. The number of imidazole rings is 1. The second kappa shape index (κ2) is 4.19. The molecule has 5 nitrogen and oxygen atoms in total. The van der Waals surface area contributed by atoms with E-state index < -0.39 is 0 Å². The second-order valence-electron chi connectivity index (χ2n) is 5.07. The van der Waals surface area contributed by atoms with Crippen LogP contribution in [-0.2, 0) is 19.4 Å². The van der Waals surface area contributed by atoms with E-state index in [1.54, 1.807) is 10.8 Å². The van der Waals surface area contributed by atoms with E-state index in [9.17, 15) is 0 Å². The van der Waals surface area contributed by atoms with Gasteiger partial charge in [-0.25, -0.2) is 14.5 Å². The lowest BCUT2D eigenvalue weighted by atomic mass is 10.0. The second-order valence-corrected chi connectivity index (χ2v) is 5.07. The summed E-state index contributed by atoms with van der Waals surface area (Å²) >= 11 is 0. The average molecular weight is 253 g/mol. The molecule has 0 saturated heterocycles. The molecule has 1 aliphatic carbocycles. The van der Waals surface area contributed by atoms with Crippen molar-refractivity contribution in [3.05, 3.63) is 47.9 Å². The molecular weight excluding hydrogens is 238 g/mol. The van der Waals surface area contributed by atoms with Gasteiger partial charge >= 0.3 is 0 Å². The summed E-state index contributed by atoms with van der Waals surface area (Å²) in [5.74, 6) is 0. The molecule has 3 aromatic heterocycles. The van der Waals surface area contributed by atoms with E-state index >= 15 is 0 Å². The molecule has 4 rings (SSSR count). The fourth-order valence-electron chi connectivity index (χ4n) is 2.82. The summed E-state index contributed by atoms with van der Waals surface area (Å²) in [7, 11) is 0. The minimum atomic E-state index is 0.867. The maximum Gasteiger partial charge on any atom is 0.155 e. The lowest BCUT2D eigenvalue weighted by molar-refractivity contribution is 0.628. The van der Waals surface area contributed by atoms with Crippen molar-refractivity contribution in [2.45, 2.75) is 32.2 Å². The Morgan fingerprint density at radius 3 is 3.11 bits per heavy atom. The first-order chi connectivity index (χ1) is 9.40. The maximum absolute atomic E-state index is 4.53. The van der Waals surface area contributed by atoms with Crippen LogP contribution in [-0.4, -0.2) is 24.1 Å². The summed E-state index contributed by atoms with van der Waals surface area (Å²) < 4.78 is 4.06. The molecule has 0 spiro atoms. The molecule has 19 heavy (non-hydrogen) atoms. The predicted octanol–water partition coefficient (Wildman–Crippen LogP) is 1.85. The SMILES string of the molecule is c1nc2cc(Cn3cnc4c3CCCC4)ccn2n1. The topological polar surface area (TPSA) is 48.0 Å². The van der Waals surface area contributed by atoms with E-state index in [2.05, 4.69) is 31.8 Å². The van der Waals surface area contributed by atoms with Gasteiger partial charge in [0, 0.05) is 18.4 Å². The number of fused-ring (bicyclic) bond motifs is 2. The summed E-state index contributed by atoms with van der Waals surface area (Å²) in [5.41, 5.74) is 4.83. The van der Waals surface area contributed by atoms with Gasteiger partial charge in [-0.2, -0.15) is 5.10 Å². The molecule has 0 unspecified atom stereocenters. The first-order valence-corrected chi connectivity index (χ1v) is 6.71. The molecule has 0 N–H and O–H groups in total. The summed E-state index contributed by atoms with van der Waals surface area (Å²) in [5, 5.41) is 4.11. The Kier molecular flexibility index (Phi) is 2.36. The van der Waals surface area contributed by atoms with Gasteiger partial charge in [0.25, 0.3) is 0 Å². The lowest BCUT2D eigenvalue weighted by Crippen LogP contribution is -2.09. The number of hydrogen-bond donors (Lipinski definition) is 0. The molecule has 0 aromatic carbocycles. The van der Waals surface area contributed by atoms with Crippen LogP contribution in [0.2, 0.25) is 0 Å². The van der Waals surface area contributed by atoms with E-state index in [1.807, 2.05) is 12.5 Å². The molecule has 0 fully saturated rings. The minimum absolute atomic E-state index is 0.867. The van der Waals surface area contributed by atoms with Gasteiger partial charge < -0.3 is 4.57 Å². The van der Waals surface area contributed by atoms with Crippen molar-refractivity contribution in [1.82, 2.24) is 24.1 Å². The molecule has 96 valence electrons. The number of rotatable bonds is 2. The largest absolute Gasteiger partial charge is 0.330 e. The van der Waals surface area contributed by atoms with Crippen LogP contribution in [0.1, 0.15) is 29.8 Å². The highest BCUT2D eigenvalue weighted by molar-refractivity contribution is 5.39. The first kappa shape index (κ1) is 10.7. The normalized spacial score (nSPS) is 14.7. The Hall–Kier alpha value is -2.17. The van der Waals surface area contributed by atoms with Crippen LogP contribution in [0.15, 0.2) is 31.0 Å². The van der Waals surface area contributed by atoms with Crippen molar-refractivity contribution < 1.29 is 0 Å². The van der Waals surface area contributed by atoms with Gasteiger partial charge in [-0.1, -0.05) is 0 Å². The van der Waals surface area contributed by atoms with Crippen LogP contribution in [0.3, 0.4) is 0 Å². The Balaban J connectivity index is 1.68. The zero-order valence-electron chi connectivity index (χ0n) is 10.7. The van der Waals surface area contributed by atoms with E-state index in [4.69, 9.17) is 0 Å². The number of pyridine rings is 1. The van der Waals surface area contributed by atoms with Crippen LogP contribution in [0, 0.1) is 0 Å². The Morgan fingerprint density at radius 1 is 1.16 bits per heavy atom. The molecule has 0 saturated carbocycles. The Bertz CT molecular complexity index is 724.